The zero-order valence-electron chi connectivity index (χ0n) is 13.6. The summed E-state index contributed by atoms with van der Waals surface area (Å²) < 4.78 is 0. The number of hydrogen-bond donors (Lipinski definition) is 3. The molecule has 0 saturated heterocycles. The molecule has 2 aromatic carbocycles. The second-order valence-corrected chi connectivity index (χ2v) is 5.46. The van der Waals surface area contributed by atoms with Gasteiger partial charge in [-0.25, -0.2) is 0 Å². The summed E-state index contributed by atoms with van der Waals surface area (Å²) in [6.07, 6.45) is 3.28. The van der Waals surface area contributed by atoms with Crippen LogP contribution in [0.4, 0.5) is 0 Å². The number of aryl methyl sites for hydroxylation is 2. The van der Waals surface area contributed by atoms with Crippen molar-refractivity contribution in [3.63, 3.8) is 0 Å². The fourth-order valence-electron chi connectivity index (χ4n) is 2.28. The van der Waals surface area contributed by atoms with Crippen LogP contribution in [-0.2, 0) is 16.8 Å². The molecule has 0 saturated carbocycles. The van der Waals surface area contributed by atoms with Crippen molar-refractivity contribution in [1.29, 1.82) is 0 Å². The molecule has 0 amide bonds. The Labute approximate surface area is 152 Å². The maximum atomic E-state index is 10.1. The van der Waals surface area contributed by atoms with Crippen LogP contribution in [-0.4, -0.2) is 16.8 Å². The van der Waals surface area contributed by atoms with E-state index in [-0.39, 0.29) is 40.5 Å². The fraction of sp³-hybridized carbons (Fsp3) is 0.158. The molecular weight excluding hydrogens is 347 g/mol. The Hall–Kier alpha value is -2.21. The van der Waals surface area contributed by atoms with Crippen molar-refractivity contribution < 1.29 is 27.0 Å². The number of rotatable bonds is 4. The maximum absolute atomic E-state index is 10.1. The summed E-state index contributed by atoms with van der Waals surface area (Å²) in [4.78, 5) is 0. The molecule has 4 nitrogen and oxygen atoms in total. The van der Waals surface area contributed by atoms with Crippen molar-refractivity contribution in [3.8, 4) is 11.5 Å². The molecule has 2 aromatic rings. The number of phenolic OH excluding ortho intramolecular Hbond substituents is 2. The van der Waals surface area contributed by atoms with Gasteiger partial charge in [0.2, 0.25) is 0 Å². The first kappa shape index (κ1) is 19.8. The number of phenols is 2. The Bertz CT molecular complexity index is 783. The van der Waals surface area contributed by atoms with Gasteiger partial charge in [0.15, 0.2) is 0 Å². The van der Waals surface area contributed by atoms with Gasteiger partial charge < -0.3 is 21.7 Å². The topological polar surface area (TPSA) is 90.3 Å². The summed E-state index contributed by atoms with van der Waals surface area (Å²) in [6.45, 7) is 3.78. The zero-order valence-corrected chi connectivity index (χ0v) is 14.7. The summed E-state index contributed by atoms with van der Waals surface area (Å²) in [6, 6.07) is 10.8. The van der Waals surface area contributed by atoms with Gasteiger partial charge in [-0.05, 0) is 36.6 Å². The number of nitrogens with two attached hydrogens (primary N) is 1. The van der Waals surface area contributed by atoms with Crippen LogP contribution < -0.4 is 5.73 Å². The van der Waals surface area contributed by atoms with Gasteiger partial charge >= 0.3 is 0 Å². The first-order valence-electron chi connectivity index (χ1n) is 7.35. The molecule has 1 radical (unpaired) electrons. The molecule has 0 bridgehead atoms. The standard InChI is InChI=1S/C19H21N2O2.Co/c1-12-5-3-7-14(18(12)22)9-16(11-20)17(21)10-15-8-4-6-13(2)19(15)23;/h3-10,21-23H,11,20H2,1-2H3;/q-1;. The van der Waals surface area contributed by atoms with Crippen LogP contribution in [0.15, 0.2) is 47.7 Å². The molecule has 0 aliphatic heterocycles. The van der Waals surface area contributed by atoms with Crippen molar-refractivity contribution in [3.05, 3.63) is 75.7 Å². The van der Waals surface area contributed by atoms with Crippen molar-refractivity contribution in [2.24, 2.45) is 5.73 Å². The predicted octanol–water partition coefficient (Wildman–Crippen LogP) is 4.15. The molecule has 0 unspecified atom stereocenters. The minimum atomic E-state index is 0. The van der Waals surface area contributed by atoms with Crippen molar-refractivity contribution in [2.75, 3.05) is 6.54 Å². The molecule has 0 atom stereocenters. The third kappa shape index (κ3) is 4.41. The van der Waals surface area contributed by atoms with Crippen molar-refractivity contribution >= 4 is 12.2 Å². The van der Waals surface area contributed by atoms with Crippen LogP contribution in [0.2, 0.25) is 0 Å². The van der Waals surface area contributed by atoms with Crippen LogP contribution in [0, 0.1) is 13.8 Å². The maximum Gasteiger partial charge on any atom is 0.125 e. The average molecular weight is 368 g/mol. The molecule has 0 aromatic heterocycles. The number of nitrogens with one attached hydrogen (secondary N) is 1. The minimum absolute atomic E-state index is 0. The minimum Gasteiger partial charge on any atom is -0.698 e. The summed E-state index contributed by atoms with van der Waals surface area (Å²) >= 11 is 0. The number of benzene rings is 2. The van der Waals surface area contributed by atoms with Crippen molar-refractivity contribution in [2.45, 2.75) is 13.8 Å². The van der Waals surface area contributed by atoms with Crippen LogP contribution in [0.5, 0.6) is 11.5 Å². The van der Waals surface area contributed by atoms with E-state index in [9.17, 15) is 10.2 Å². The van der Waals surface area contributed by atoms with E-state index in [4.69, 9.17) is 11.5 Å². The molecule has 129 valence electrons. The van der Waals surface area contributed by atoms with Crippen LogP contribution in [0.3, 0.4) is 0 Å². The molecule has 0 fully saturated rings. The van der Waals surface area contributed by atoms with E-state index in [1.807, 2.05) is 25.1 Å². The average Bonchev–Trinajstić information content (AvgIpc) is 2.53. The van der Waals surface area contributed by atoms with Gasteiger partial charge in [-0.15, -0.1) is 5.70 Å². The van der Waals surface area contributed by atoms with Crippen LogP contribution in [0.1, 0.15) is 22.3 Å². The monoisotopic (exact) mass is 368 g/mol. The second kappa shape index (κ2) is 8.59. The third-order valence-electron chi connectivity index (χ3n) is 3.73. The van der Waals surface area contributed by atoms with E-state index >= 15 is 0 Å². The Kier molecular flexibility index (Phi) is 7.10. The van der Waals surface area contributed by atoms with E-state index in [2.05, 4.69) is 0 Å². The summed E-state index contributed by atoms with van der Waals surface area (Å²) in [7, 11) is 0. The second-order valence-electron chi connectivity index (χ2n) is 5.46. The van der Waals surface area contributed by atoms with Gasteiger partial charge in [-0.3, -0.25) is 0 Å². The smallest absolute Gasteiger partial charge is 0.125 e. The summed E-state index contributed by atoms with van der Waals surface area (Å²) in [5.74, 6) is 0.344. The first-order chi connectivity index (χ1) is 10.9. The Balaban J connectivity index is 0.00000288. The Morgan fingerprint density at radius 3 is 1.88 bits per heavy atom. The molecule has 0 heterocycles. The molecule has 0 aliphatic carbocycles. The molecule has 2 rings (SSSR count). The normalized spacial score (nSPS) is 12.0. The van der Waals surface area contributed by atoms with Gasteiger partial charge in [0.05, 0.1) is 0 Å². The summed E-state index contributed by atoms with van der Waals surface area (Å²) in [5.41, 5.74) is 17.5. The quantitative estimate of drug-likeness (QED) is 0.708. The molecule has 5 N–H and O–H groups in total. The number of para-hydroxylation sites is 2. The van der Waals surface area contributed by atoms with Crippen LogP contribution in [0.25, 0.3) is 17.9 Å². The SMILES string of the molecule is Cc1cccc(C=C([NH-])C(=Cc2cccc(C)c2O)CN)c1O.[Co]. The number of hydrogen-bond acceptors (Lipinski definition) is 3. The van der Waals surface area contributed by atoms with E-state index in [0.717, 1.165) is 11.1 Å². The van der Waals surface area contributed by atoms with E-state index in [1.54, 1.807) is 37.3 Å². The molecule has 24 heavy (non-hydrogen) atoms. The Morgan fingerprint density at radius 2 is 1.42 bits per heavy atom. The first-order valence-corrected chi connectivity index (χ1v) is 7.35. The van der Waals surface area contributed by atoms with E-state index in [1.165, 1.54) is 0 Å². The van der Waals surface area contributed by atoms with E-state index < -0.39 is 0 Å². The summed E-state index contributed by atoms with van der Waals surface area (Å²) in [5, 5.41) is 20.1. The van der Waals surface area contributed by atoms with E-state index in [0.29, 0.717) is 16.7 Å². The molecular formula is C19H21CoN2O2-. The zero-order chi connectivity index (χ0) is 17.0. The number of aromatic hydroxyl groups is 2. The van der Waals surface area contributed by atoms with Gasteiger partial charge in [-0.1, -0.05) is 42.5 Å². The molecule has 5 heteroatoms. The Morgan fingerprint density at radius 1 is 0.958 bits per heavy atom. The van der Waals surface area contributed by atoms with Crippen LogP contribution >= 0.6 is 0 Å². The fourth-order valence-corrected chi connectivity index (χ4v) is 2.28. The van der Waals surface area contributed by atoms with Gasteiger partial charge in [0.25, 0.3) is 0 Å². The van der Waals surface area contributed by atoms with Gasteiger partial charge in [0.1, 0.15) is 11.5 Å². The third-order valence-corrected chi connectivity index (χ3v) is 3.73. The van der Waals surface area contributed by atoms with Gasteiger partial charge in [-0.2, -0.15) is 0 Å². The van der Waals surface area contributed by atoms with Crippen molar-refractivity contribution in [1.82, 2.24) is 0 Å². The predicted molar refractivity (Wildman–Crippen MR) is 95.0 cm³/mol. The largest absolute Gasteiger partial charge is 0.698 e. The van der Waals surface area contributed by atoms with Gasteiger partial charge in [0, 0.05) is 34.5 Å². The molecule has 0 spiro atoms. The molecule has 0 aliphatic rings.